The van der Waals surface area contributed by atoms with Crippen molar-refractivity contribution in [3.05, 3.63) is 17.0 Å². The Morgan fingerprint density at radius 3 is 1.81 bits per heavy atom. The maximum Gasteiger partial charge on any atom is 0.282 e. The zero-order valence-electron chi connectivity index (χ0n) is 9.56. The van der Waals surface area contributed by atoms with E-state index < -0.39 is 29.8 Å². The standard InChI is InChI=1S/C10H14F4N2/c1-5-6(8(11)12)15-16(10(2,3)4)7(5)9(13)14/h8-9H,1-4H3. The summed E-state index contributed by atoms with van der Waals surface area (Å²) in [6.07, 6.45) is -5.64. The lowest BCUT2D eigenvalue weighted by Gasteiger charge is -2.22. The van der Waals surface area contributed by atoms with E-state index >= 15 is 0 Å². The second kappa shape index (κ2) is 4.07. The van der Waals surface area contributed by atoms with Crippen LogP contribution in [-0.4, -0.2) is 9.78 Å². The first-order chi connectivity index (χ1) is 7.16. The Labute approximate surface area is 91.3 Å². The molecule has 1 aromatic rings. The number of aromatic nitrogens is 2. The van der Waals surface area contributed by atoms with E-state index in [0.29, 0.717) is 0 Å². The molecule has 0 aliphatic heterocycles. The van der Waals surface area contributed by atoms with Crippen LogP contribution in [0.4, 0.5) is 17.6 Å². The van der Waals surface area contributed by atoms with Crippen LogP contribution in [0.15, 0.2) is 0 Å². The van der Waals surface area contributed by atoms with Crippen molar-refractivity contribution in [3.63, 3.8) is 0 Å². The van der Waals surface area contributed by atoms with Crippen molar-refractivity contribution in [2.24, 2.45) is 0 Å². The Morgan fingerprint density at radius 1 is 1.06 bits per heavy atom. The minimum Gasteiger partial charge on any atom is -0.258 e. The fourth-order valence-electron chi connectivity index (χ4n) is 1.50. The molecule has 1 rings (SSSR count). The summed E-state index contributed by atoms with van der Waals surface area (Å²) in [5.41, 5.74) is -1.86. The lowest BCUT2D eigenvalue weighted by atomic mass is 10.1. The number of hydrogen-bond acceptors (Lipinski definition) is 1. The highest BCUT2D eigenvalue weighted by Gasteiger charge is 2.30. The van der Waals surface area contributed by atoms with E-state index in [1.165, 1.54) is 6.92 Å². The molecule has 0 fully saturated rings. The number of hydrogen-bond donors (Lipinski definition) is 0. The molecule has 2 nitrogen and oxygen atoms in total. The molecule has 92 valence electrons. The number of rotatable bonds is 2. The van der Waals surface area contributed by atoms with Gasteiger partial charge in [0, 0.05) is 5.56 Å². The average molecular weight is 238 g/mol. The van der Waals surface area contributed by atoms with Crippen LogP contribution in [0.25, 0.3) is 0 Å². The van der Waals surface area contributed by atoms with Gasteiger partial charge in [-0.15, -0.1) is 0 Å². The molecule has 0 aliphatic rings. The first-order valence-corrected chi connectivity index (χ1v) is 4.82. The van der Waals surface area contributed by atoms with Gasteiger partial charge in [-0.2, -0.15) is 5.10 Å². The fourth-order valence-corrected chi connectivity index (χ4v) is 1.50. The van der Waals surface area contributed by atoms with Gasteiger partial charge < -0.3 is 0 Å². The van der Waals surface area contributed by atoms with Gasteiger partial charge in [-0.05, 0) is 27.7 Å². The molecule has 16 heavy (non-hydrogen) atoms. The third kappa shape index (κ3) is 2.20. The molecule has 0 unspecified atom stereocenters. The van der Waals surface area contributed by atoms with Crippen LogP contribution >= 0.6 is 0 Å². The van der Waals surface area contributed by atoms with Crippen molar-refractivity contribution in [1.29, 1.82) is 0 Å². The smallest absolute Gasteiger partial charge is 0.258 e. The highest BCUT2D eigenvalue weighted by molar-refractivity contribution is 5.27. The lowest BCUT2D eigenvalue weighted by Crippen LogP contribution is -2.25. The molecule has 0 bridgehead atoms. The summed E-state index contributed by atoms with van der Waals surface area (Å²) in [7, 11) is 0. The molecule has 0 saturated carbocycles. The zero-order chi connectivity index (χ0) is 12.7. The van der Waals surface area contributed by atoms with Crippen molar-refractivity contribution in [2.75, 3.05) is 0 Å². The van der Waals surface area contributed by atoms with Gasteiger partial charge in [0.05, 0.1) is 5.54 Å². The quantitative estimate of drug-likeness (QED) is 0.716. The van der Waals surface area contributed by atoms with Crippen LogP contribution in [0.3, 0.4) is 0 Å². The minimum atomic E-state index is -2.83. The van der Waals surface area contributed by atoms with Crippen LogP contribution in [0.5, 0.6) is 0 Å². The van der Waals surface area contributed by atoms with Gasteiger partial charge in [0.25, 0.3) is 12.9 Å². The highest BCUT2D eigenvalue weighted by atomic mass is 19.3. The first-order valence-electron chi connectivity index (χ1n) is 4.82. The summed E-state index contributed by atoms with van der Waals surface area (Å²) in [6, 6.07) is 0. The van der Waals surface area contributed by atoms with E-state index in [4.69, 9.17) is 0 Å². The largest absolute Gasteiger partial charge is 0.282 e. The van der Waals surface area contributed by atoms with E-state index in [1.807, 2.05) is 0 Å². The molecule has 0 aromatic carbocycles. The van der Waals surface area contributed by atoms with E-state index in [9.17, 15) is 17.6 Å². The molecule has 0 aliphatic carbocycles. The van der Waals surface area contributed by atoms with Gasteiger partial charge in [-0.1, -0.05) is 0 Å². The molecule has 0 radical (unpaired) electrons. The monoisotopic (exact) mass is 238 g/mol. The second-order valence-corrected chi connectivity index (χ2v) is 4.58. The van der Waals surface area contributed by atoms with Gasteiger partial charge in [0.2, 0.25) is 0 Å². The molecule has 1 heterocycles. The van der Waals surface area contributed by atoms with Crippen molar-refractivity contribution < 1.29 is 17.6 Å². The predicted octanol–water partition coefficient (Wildman–Crippen LogP) is 3.82. The maximum atomic E-state index is 12.8. The number of alkyl halides is 4. The van der Waals surface area contributed by atoms with Gasteiger partial charge in [-0.3, -0.25) is 4.68 Å². The Balaban J connectivity index is 3.44. The molecule has 0 N–H and O–H groups in total. The van der Waals surface area contributed by atoms with Crippen molar-refractivity contribution in [3.8, 4) is 0 Å². The predicted molar refractivity (Wildman–Crippen MR) is 51.9 cm³/mol. The summed E-state index contributed by atoms with van der Waals surface area (Å²) in [6.45, 7) is 6.17. The molecular weight excluding hydrogens is 224 g/mol. The van der Waals surface area contributed by atoms with Crippen LogP contribution in [0, 0.1) is 6.92 Å². The van der Waals surface area contributed by atoms with Crippen molar-refractivity contribution in [2.45, 2.75) is 46.1 Å². The van der Waals surface area contributed by atoms with Gasteiger partial charge in [-0.25, -0.2) is 17.6 Å². The number of halogens is 4. The third-order valence-electron chi connectivity index (χ3n) is 2.25. The molecule has 0 atom stereocenters. The normalized spacial score (nSPS) is 12.9. The van der Waals surface area contributed by atoms with Crippen LogP contribution < -0.4 is 0 Å². The Kier molecular flexibility index (Phi) is 3.30. The van der Waals surface area contributed by atoms with E-state index in [-0.39, 0.29) is 5.56 Å². The summed E-state index contributed by atoms with van der Waals surface area (Å²) in [4.78, 5) is 0. The molecular formula is C10H14F4N2. The third-order valence-corrected chi connectivity index (χ3v) is 2.25. The first kappa shape index (κ1) is 13.0. The molecule has 0 spiro atoms. The Bertz CT molecular complexity index is 377. The van der Waals surface area contributed by atoms with E-state index in [0.717, 1.165) is 4.68 Å². The summed E-state index contributed by atoms with van der Waals surface area (Å²) >= 11 is 0. The van der Waals surface area contributed by atoms with Crippen molar-refractivity contribution >= 4 is 0 Å². The second-order valence-electron chi connectivity index (χ2n) is 4.58. The number of nitrogens with zero attached hydrogens (tertiary/aromatic N) is 2. The van der Waals surface area contributed by atoms with Gasteiger partial charge >= 0.3 is 0 Å². The van der Waals surface area contributed by atoms with E-state index in [2.05, 4.69) is 5.10 Å². The van der Waals surface area contributed by atoms with Gasteiger partial charge in [0.1, 0.15) is 11.4 Å². The van der Waals surface area contributed by atoms with Crippen LogP contribution in [0.1, 0.15) is 50.6 Å². The summed E-state index contributed by atoms with van der Waals surface area (Å²) < 4.78 is 51.7. The SMILES string of the molecule is Cc1c(C(F)F)nn(C(C)(C)C)c1C(F)F. The van der Waals surface area contributed by atoms with Crippen LogP contribution in [0.2, 0.25) is 0 Å². The molecule has 0 saturated heterocycles. The van der Waals surface area contributed by atoms with Crippen LogP contribution in [-0.2, 0) is 5.54 Å². The average Bonchev–Trinajstić information content (AvgIpc) is 2.41. The summed E-state index contributed by atoms with van der Waals surface area (Å²) in [5, 5.41) is 3.59. The van der Waals surface area contributed by atoms with Crippen molar-refractivity contribution in [1.82, 2.24) is 9.78 Å². The lowest BCUT2D eigenvalue weighted by molar-refractivity contribution is 0.128. The minimum absolute atomic E-state index is 0.125. The molecule has 1 aromatic heterocycles. The van der Waals surface area contributed by atoms with Gasteiger partial charge in [0.15, 0.2) is 0 Å². The molecule has 6 heteroatoms. The summed E-state index contributed by atoms with van der Waals surface area (Å²) in [5.74, 6) is 0. The topological polar surface area (TPSA) is 17.8 Å². The Morgan fingerprint density at radius 2 is 1.56 bits per heavy atom. The zero-order valence-corrected chi connectivity index (χ0v) is 9.56. The fraction of sp³-hybridized carbons (Fsp3) is 0.700. The van der Waals surface area contributed by atoms with E-state index in [1.54, 1.807) is 20.8 Å². The Hall–Kier alpha value is -1.07. The highest BCUT2D eigenvalue weighted by Crippen LogP contribution is 2.33. The molecule has 0 amide bonds. The maximum absolute atomic E-state index is 12.8.